The van der Waals surface area contributed by atoms with Crippen LogP contribution in [0.1, 0.15) is 19.8 Å². The van der Waals surface area contributed by atoms with Gasteiger partial charge in [0.05, 0.1) is 3.79 Å². The molecule has 0 atom stereocenters. The fraction of sp³-hybridized carbons (Fsp3) is 0.583. The Balaban J connectivity index is 2.12. The van der Waals surface area contributed by atoms with Crippen LogP contribution in [0, 0.1) is 0 Å². The first kappa shape index (κ1) is 15.9. The van der Waals surface area contributed by atoms with Crippen LogP contribution in [0.3, 0.4) is 0 Å². The topological polar surface area (TPSA) is 57.7 Å². The van der Waals surface area contributed by atoms with Crippen molar-refractivity contribution in [2.24, 2.45) is 0 Å². The van der Waals surface area contributed by atoms with E-state index in [0.717, 1.165) is 3.79 Å². The number of halogens is 1. The number of sulfonamides is 1. The lowest BCUT2D eigenvalue weighted by Gasteiger charge is -2.21. The van der Waals surface area contributed by atoms with E-state index in [2.05, 4.69) is 15.9 Å². The average Bonchev–Trinajstić information content (AvgIpc) is 2.72. The van der Waals surface area contributed by atoms with Crippen molar-refractivity contribution in [2.45, 2.75) is 24.0 Å². The van der Waals surface area contributed by atoms with Crippen molar-refractivity contribution in [3.63, 3.8) is 0 Å². The average molecular weight is 381 g/mol. The number of carbonyl (C=O) groups excluding carboxylic acids is 1. The summed E-state index contributed by atoms with van der Waals surface area (Å²) in [5.41, 5.74) is 0. The molecule has 1 saturated heterocycles. The summed E-state index contributed by atoms with van der Waals surface area (Å²) in [5, 5.41) is 0. The molecule has 0 bridgehead atoms. The first-order chi connectivity index (χ1) is 9.45. The lowest BCUT2D eigenvalue weighted by atomic mass is 10.3. The van der Waals surface area contributed by atoms with E-state index in [1.54, 1.807) is 17.0 Å². The Labute approximate surface area is 131 Å². The van der Waals surface area contributed by atoms with Gasteiger partial charge >= 0.3 is 0 Å². The highest BCUT2D eigenvalue weighted by Crippen LogP contribution is 2.28. The number of carbonyl (C=O) groups is 1. The summed E-state index contributed by atoms with van der Waals surface area (Å²) in [6.45, 7) is 3.76. The van der Waals surface area contributed by atoms with Gasteiger partial charge < -0.3 is 4.90 Å². The molecular formula is C12H17BrN2O3S2. The summed E-state index contributed by atoms with van der Waals surface area (Å²) < 4.78 is 27.6. The summed E-state index contributed by atoms with van der Waals surface area (Å²) in [7, 11) is -3.44. The van der Waals surface area contributed by atoms with Gasteiger partial charge in [-0.1, -0.05) is 6.92 Å². The molecule has 5 nitrogen and oxygen atoms in total. The third-order valence-corrected chi connectivity index (χ3v) is 7.24. The largest absolute Gasteiger partial charge is 0.341 e. The monoisotopic (exact) mass is 380 g/mol. The molecule has 0 spiro atoms. The van der Waals surface area contributed by atoms with E-state index in [-0.39, 0.29) is 5.91 Å². The van der Waals surface area contributed by atoms with E-state index in [0.29, 0.717) is 43.2 Å². The highest BCUT2D eigenvalue weighted by Gasteiger charge is 2.28. The van der Waals surface area contributed by atoms with E-state index in [9.17, 15) is 13.2 Å². The van der Waals surface area contributed by atoms with Crippen molar-refractivity contribution in [2.75, 3.05) is 26.2 Å². The normalized spacial score (nSPS) is 18.0. The van der Waals surface area contributed by atoms with Crippen molar-refractivity contribution in [3.8, 4) is 0 Å². The molecule has 112 valence electrons. The zero-order chi connectivity index (χ0) is 14.8. The van der Waals surface area contributed by atoms with Crippen LogP contribution in [0.15, 0.2) is 20.1 Å². The fourth-order valence-electron chi connectivity index (χ4n) is 2.17. The smallest absolute Gasteiger partial charge is 0.252 e. The maximum absolute atomic E-state index is 12.5. The van der Waals surface area contributed by atoms with Crippen molar-refractivity contribution in [1.29, 1.82) is 0 Å². The number of amides is 1. The predicted molar refractivity (Wildman–Crippen MR) is 82.3 cm³/mol. The fourth-order valence-corrected chi connectivity index (χ4v) is 5.80. The van der Waals surface area contributed by atoms with Gasteiger partial charge in [-0.3, -0.25) is 4.79 Å². The Morgan fingerprint density at radius 3 is 2.65 bits per heavy atom. The maximum Gasteiger partial charge on any atom is 0.252 e. The summed E-state index contributed by atoms with van der Waals surface area (Å²) in [6, 6.07) is 3.35. The summed E-state index contributed by atoms with van der Waals surface area (Å²) >= 11 is 4.50. The van der Waals surface area contributed by atoms with Gasteiger partial charge in [0.2, 0.25) is 5.91 Å². The number of hydrogen-bond donors (Lipinski definition) is 0. The predicted octanol–water partition coefficient (Wildman–Crippen LogP) is 2.14. The van der Waals surface area contributed by atoms with Crippen molar-refractivity contribution >= 4 is 43.2 Å². The molecule has 0 N–H and O–H groups in total. The van der Waals surface area contributed by atoms with Crippen molar-refractivity contribution in [1.82, 2.24) is 9.21 Å². The lowest BCUT2D eigenvalue weighted by molar-refractivity contribution is -0.130. The molecule has 1 aliphatic rings. The van der Waals surface area contributed by atoms with E-state index < -0.39 is 10.0 Å². The minimum atomic E-state index is -3.44. The van der Waals surface area contributed by atoms with Crippen LogP contribution in [0.4, 0.5) is 0 Å². The number of thiophene rings is 1. The zero-order valence-corrected chi connectivity index (χ0v) is 14.4. The molecule has 0 unspecified atom stereocenters. The molecule has 0 saturated carbocycles. The molecule has 8 heteroatoms. The zero-order valence-electron chi connectivity index (χ0n) is 11.2. The molecular weight excluding hydrogens is 364 g/mol. The molecule has 0 aromatic carbocycles. The molecule has 0 radical (unpaired) electrons. The van der Waals surface area contributed by atoms with Crippen molar-refractivity contribution in [3.05, 3.63) is 15.9 Å². The van der Waals surface area contributed by atoms with Gasteiger partial charge in [-0.05, 0) is 34.5 Å². The first-order valence-electron chi connectivity index (χ1n) is 6.48. The Morgan fingerprint density at radius 1 is 1.30 bits per heavy atom. The van der Waals surface area contributed by atoms with E-state index in [4.69, 9.17) is 0 Å². The Hall–Kier alpha value is -0.440. The van der Waals surface area contributed by atoms with Crippen LogP contribution in [-0.4, -0.2) is 49.7 Å². The molecule has 1 aromatic rings. The Morgan fingerprint density at radius 2 is 2.05 bits per heavy atom. The second-order valence-electron chi connectivity index (χ2n) is 4.55. The number of rotatable bonds is 3. The minimum Gasteiger partial charge on any atom is -0.341 e. The van der Waals surface area contributed by atoms with Crippen LogP contribution in [0.5, 0.6) is 0 Å². The Kier molecular flexibility index (Phi) is 5.22. The van der Waals surface area contributed by atoms with Crippen LogP contribution in [0.2, 0.25) is 0 Å². The van der Waals surface area contributed by atoms with Gasteiger partial charge in [0.1, 0.15) is 4.21 Å². The summed E-state index contributed by atoms with van der Waals surface area (Å²) in [4.78, 5) is 13.5. The number of nitrogens with zero attached hydrogens (tertiary/aromatic N) is 2. The van der Waals surface area contributed by atoms with Gasteiger partial charge in [-0.15, -0.1) is 11.3 Å². The quantitative estimate of drug-likeness (QED) is 0.806. The first-order valence-corrected chi connectivity index (χ1v) is 9.53. The van der Waals surface area contributed by atoms with Gasteiger partial charge in [-0.25, -0.2) is 8.42 Å². The summed E-state index contributed by atoms with van der Waals surface area (Å²) in [5.74, 6) is 0.0862. The van der Waals surface area contributed by atoms with Gasteiger partial charge in [0, 0.05) is 32.6 Å². The van der Waals surface area contributed by atoms with Crippen LogP contribution < -0.4 is 0 Å². The van der Waals surface area contributed by atoms with Gasteiger partial charge in [-0.2, -0.15) is 4.31 Å². The second kappa shape index (κ2) is 6.55. The maximum atomic E-state index is 12.5. The third kappa shape index (κ3) is 3.41. The molecule has 20 heavy (non-hydrogen) atoms. The standard InChI is InChI=1S/C12H17BrN2O3S2/c1-2-11(16)14-6-3-7-15(9-8-14)20(17,18)12-5-4-10(13)19-12/h4-5H,2-3,6-9H2,1H3. The van der Waals surface area contributed by atoms with Crippen molar-refractivity contribution < 1.29 is 13.2 Å². The highest BCUT2D eigenvalue weighted by atomic mass is 79.9. The van der Waals surface area contributed by atoms with Crippen LogP contribution in [0.25, 0.3) is 0 Å². The Bertz CT molecular complexity index is 585. The van der Waals surface area contributed by atoms with E-state index >= 15 is 0 Å². The molecule has 1 aromatic heterocycles. The lowest BCUT2D eigenvalue weighted by Crippen LogP contribution is -2.36. The molecule has 0 aliphatic carbocycles. The molecule has 1 fully saturated rings. The van der Waals surface area contributed by atoms with Gasteiger partial charge in [0.25, 0.3) is 10.0 Å². The third-order valence-electron chi connectivity index (χ3n) is 3.25. The van der Waals surface area contributed by atoms with Crippen LogP contribution in [-0.2, 0) is 14.8 Å². The minimum absolute atomic E-state index is 0.0862. The SMILES string of the molecule is CCC(=O)N1CCCN(S(=O)(=O)c2ccc(Br)s2)CC1. The molecule has 2 heterocycles. The number of hydrogen-bond acceptors (Lipinski definition) is 4. The van der Waals surface area contributed by atoms with Crippen LogP contribution >= 0.6 is 27.3 Å². The van der Waals surface area contributed by atoms with E-state index in [1.165, 1.54) is 15.6 Å². The molecule has 2 rings (SSSR count). The molecule has 1 amide bonds. The van der Waals surface area contributed by atoms with Gasteiger partial charge in [0.15, 0.2) is 0 Å². The summed E-state index contributed by atoms with van der Waals surface area (Å²) in [6.07, 6.45) is 1.14. The second-order valence-corrected chi connectivity index (χ2v) is 9.18. The molecule has 1 aliphatic heterocycles. The van der Waals surface area contributed by atoms with E-state index in [1.807, 2.05) is 6.92 Å². The highest BCUT2D eigenvalue weighted by molar-refractivity contribution is 9.11.